The second-order valence-electron chi connectivity index (χ2n) is 8.88. The minimum Gasteiger partial charge on any atom is -0.369 e. The van der Waals surface area contributed by atoms with E-state index >= 15 is 0 Å². The quantitative estimate of drug-likeness (QED) is 0.118. The number of fused-ring (bicyclic) bond motifs is 1. The summed E-state index contributed by atoms with van der Waals surface area (Å²) in [5, 5.41) is 17.4. The lowest BCUT2D eigenvalue weighted by atomic mass is 10.0. The van der Waals surface area contributed by atoms with Crippen LogP contribution in [0.2, 0.25) is 0 Å². The molecule has 0 spiro atoms. The summed E-state index contributed by atoms with van der Waals surface area (Å²) in [6.45, 7) is 0.465. The monoisotopic (exact) mass is 536 g/mol. The molecule has 3 rings (SSSR count). The lowest BCUT2D eigenvalue weighted by Gasteiger charge is -2.20. The highest BCUT2D eigenvalue weighted by Crippen LogP contribution is 2.33. The molecule has 3 saturated heterocycles. The van der Waals surface area contributed by atoms with Gasteiger partial charge in [0.15, 0.2) is 6.23 Å². The topological polar surface area (TPSA) is 191 Å². The Balaban J connectivity index is 1.19. The first-order valence-corrected chi connectivity index (χ1v) is 14.2. The summed E-state index contributed by atoms with van der Waals surface area (Å²) in [4.78, 5) is 51.7. The molecule has 3 aliphatic heterocycles. The summed E-state index contributed by atoms with van der Waals surface area (Å²) in [5.74, 6) is -0.840. The van der Waals surface area contributed by atoms with Crippen LogP contribution in [0.25, 0.3) is 0 Å². The maximum absolute atomic E-state index is 12.0. The normalized spacial score (nSPS) is 27.9. The lowest BCUT2D eigenvalue weighted by Crippen LogP contribution is -2.40. The lowest BCUT2D eigenvalue weighted by molar-refractivity contribution is -0.220. The van der Waals surface area contributed by atoms with Crippen molar-refractivity contribution in [1.29, 1.82) is 0 Å². The van der Waals surface area contributed by atoms with E-state index in [2.05, 4.69) is 16.0 Å². The molecule has 0 bridgehead atoms. The summed E-state index contributed by atoms with van der Waals surface area (Å²) in [6.07, 6.45) is 2.05. The van der Waals surface area contributed by atoms with Gasteiger partial charge in [-0.1, -0.05) is 12.8 Å². The second kappa shape index (κ2) is 12.2. The SMILES string of the molecule is O=C(CCCCC1SCC2NC(=O)NC21)NCCCCCC(=O)ON1C(=O)CC(S(=O)(=O)O)C1O. The first kappa shape index (κ1) is 27.5. The van der Waals surface area contributed by atoms with Gasteiger partial charge in [-0.2, -0.15) is 20.2 Å². The third kappa shape index (κ3) is 7.69. The summed E-state index contributed by atoms with van der Waals surface area (Å²) < 4.78 is 31.3. The van der Waals surface area contributed by atoms with Crippen LogP contribution in [0.15, 0.2) is 0 Å². The van der Waals surface area contributed by atoms with Gasteiger partial charge in [0.05, 0.1) is 18.5 Å². The summed E-state index contributed by atoms with van der Waals surface area (Å²) in [6, 6.07) is 0.276. The smallest absolute Gasteiger partial charge is 0.332 e. The Morgan fingerprint density at radius 1 is 1.11 bits per heavy atom. The van der Waals surface area contributed by atoms with Gasteiger partial charge in [-0.25, -0.2) is 9.59 Å². The molecule has 5 atom stereocenters. The Hall–Kier alpha value is -2.10. The van der Waals surface area contributed by atoms with Crippen molar-refractivity contribution >= 4 is 45.7 Å². The van der Waals surface area contributed by atoms with E-state index in [-0.39, 0.29) is 35.5 Å². The maximum Gasteiger partial charge on any atom is 0.332 e. The van der Waals surface area contributed by atoms with Crippen molar-refractivity contribution in [2.45, 2.75) is 86.6 Å². The van der Waals surface area contributed by atoms with Crippen molar-refractivity contribution in [2.24, 2.45) is 0 Å². The van der Waals surface area contributed by atoms with Crippen LogP contribution in [0, 0.1) is 0 Å². The molecule has 15 heteroatoms. The molecule has 3 heterocycles. The Morgan fingerprint density at radius 3 is 2.57 bits per heavy atom. The predicted octanol–water partition coefficient (Wildman–Crippen LogP) is -0.346. The van der Waals surface area contributed by atoms with Crippen molar-refractivity contribution < 1.29 is 42.1 Å². The fourth-order valence-electron chi connectivity index (χ4n) is 4.35. The van der Waals surface area contributed by atoms with Crippen molar-refractivity contribution in [2.75, 3.05) is 12.3 Å². The molecule has 4 amide bonds. The Kier molecular flexibility index (Phi) is 9.61. The number of thioether (sulfide) groups is 1. The number of unbranched alkanes of at least 4 members (excludes halogenated alkanes) is 3. The van der Waals surface area contributed by atoms with Crippen LogP contribution in [0.5, 0.6) is 0 Å². The molecule has 0 aliphatic carbocycles. The predicted molar refractivity (Wildman–Crippen MR) is 124 cm³/mol. The van der Waals surface area contributed by atoms with Gasteiger partial charge in [-0.15, -0.1) is 5.06 Å². The largest absolute Gasteiger partial charge is 0.369 e. The van der Waals surface area contributed by atoms with E-state index in [1.165, 1.54) is 0 Å². The van der Waals surface area contributed by atoms with Gasteiger partial charge < -0.3 is 25.9 Å². The highest BCUT2D eigenvalue weighted by atomic mass is 32.2. The standard InChI is InChI=1S/C20H32N4O9S2/c25-15(7-4-3-6-13-18-12(11-34-13)22-20(29)23-18)21-9-5-1-2-8-17(27)33-24-16(26)10-14(19(24)28)35(30,31)32/h12-14,18-19,28H,1-11H2,(H,21,25)(H2,22,23,29)(H,30,31,32). The maximum atomic E-state index is 12.0. The van der Waals surface area contributed by atoms with Gasteiger partial charge in [-0.05, 0) is 25.7 Å². The van der Waals surface area contributed by atoms with Gasteiger partial charge in [-0.3, -0.25) is 14.1 Å². The summed E-state index contributed by atoms with van der Waals surface area (Å²) >= 11 is 1.85. The van der Waals surface area contributed by atoms with Crippen LogP contribution in [0.3, 0.4) is 0 Å². The van der Waals surface area contributed by atoms with Crippen molar-refractivity contribution in [3.8, 4) is 0 Å². The number of nitrogens with one attached hydrogen (secondary N) is 3. The van der Waals surface area contributed by atoms with Crippen molar-refractivity contribution in [3.63, 3.8) is 0 Å². The van der Waals surface area contributed by atoms with E-state index in [1.807, 2.05) is 11.8 Å². The zero-order valence-corrected chi connectivity index (χ0v) is 20.8. The van der Waals surface area contributed by atoms with E-state index in [9.17, 15) is 32.7 Å². The molecular weight excluding hydrogens is 504 g/mol. The van der Waals surface area contributed by atoms with Crippen LogP contribution in [-0.4, -0.2) is 88.1 Å². The molecule has 0 aromatic rings. The molecule has 0 saturated carbocycles. The summed E-state index contributed by atoms with van der Waals surface area (Å²) in [5.41, 5.74) is 0. The zero-order chi connectivity index (χ0) is 25.6. The van der Waals surface area contributed by atoms with Gasteiger partial charge in [0.25, 0.3) is 16.0 Å². The Labute approximate surface area is 207 Å². The third-order valence-corrected chi connectivity index (χ3v) is 8.92. The van der Waals surface area contributed by atoms with Gasteiger partial charge in [0.2, 0.25) is 5.91 Å². The highest BCUT2D eigenvalue weighted by molar-refractivity contribution is 8.00. The van der Waals surface area contributed by atoms with Crippen LogP contribution in [-0.2, 0) is 29.3 Å². The van der Waals surface area contributed by atoms with Gasteiger partial charge in [0, 0.05) is 30.4 Å². The molecular formula is C20H32N4O9S2. The molecule has 0 aromatic carbocycles. The summed E-state index contributed by atoms with van der Waals surface area (Å²) in [7, 11) is -4.66. The fraction of sp³-hybridized carbons (Fsp3) is 0.800. The van der Waals surface area contributed by atoms with Crippen molar-refractivity contribution in [1.82, 2.24) is 21.0 Å². The zero-order valence-electron chi connectivity index (χ0n) is 19.2. The number of carbonyl (C=O) groups excluding carboxylic acids is 4. The molecule has 198 valence electrons. The average Bonchev–Trinajstić information content (AvgIpc) is 3.41. The van der Waals surface area contributed by atoms with E-state index in [0.29, 0.717) is 37.5 Å². The number of hydrogen-bond donors (Lipinski definition) is 5. The van der Waals surface area contributed by atoms with Crippen LogP contribution in [0.1, 0.15) is 57.8 Å². The third-order valence-electron chi connectivity index (χ3n) is 6.24. The molecule has 5 N–H and O–H groups in total. The number of nitrogens with zero attached hydrogens (tertiary/aromatic N) is 1. The number of hydroxylamine groups is 2. The fourth-order valence-corrected chi connectivity index (χ4v) is 6.66. The molecule has 13 nitrogen and oxygen atoms in total. The van der Waals surface area contributed by atoms with Gasteiger partial charge in [0.1, 0.15) is 5.25 Å². The molecule has 35 heavy (non-hydrogen) atoms. The number of amides is 4. The van der Waals surface area contributed by atoms with Crippen LogP contribution in [0.4, 0.5) is 4.79 Å². The first-order chi connectivity index (χ1) is 16.6. The van der Waals surface area contributed by atoms with Crippen molar-refractivity contribution in [3.05, 3.63) is 0 Å². The van der Waals surface area contributed by atoms with Crippen LogP contribution >= 0.6 is 11.8 Å². The van der Waals surface area contributed by atoms with Gasteiger partial charge >= 0.3 is 12.0 Å². The van der Waals surface area contributed by atoms with Crippen LogP contribution < -0.4 is 16.0 Å². The number of carbonyl (C=O) groups is 4. The number of aliphatic hydroxyl groups is 1. The molecule has 5 unspecified atom stereocenters. The molecule has 3 aliphatic rings. The van der Waals surface area contributed by atoms with E-state index in [4.69, 9.17) is 9.39 Å². The average molecular weight is 537 g/mol. The van der Waals surface area contributed by atoms with E-state index in [1.54, 1.807) is 0 Å². The number of hydrogen-bond acceptors (Lipinski definition) is 9. The number of rotatable bonds is 13. The number of urea groups is 1. The highest BCUT2D eigenvalue weighted by Gasteiger charge is 2.48. The van der Waals surface area contributed by atoms with E-state index < -0.39 is 39.9 Å². The minimum absolute atomic E-state index is 0.0351. The second-order valence-corrected chi connectivity index (χ2v) is 11.8. The number of aliphatic hydroxyl groups excluding tert-OH is 1. The Bertz CT molecular complexity index is 916. The molecule has 0 radical (unpaired) electrons. The molecule has 3 fully saturated rings. The van der Waals surface area contributed by atoms with E-state index in [0.717, 1.165) is 25.0 Å². The molecule has 0 aromatic heterocycles. The Morgan fingerprint density at radius 2 is 1.86 bits per heavy atom. The first-order valence-electron chi connectivity index (χ1n) is 11.7. The minimum atomic E-state index is -4.66.